The minimum absolute atomic E-state index is 0.0433. The number of halogens is 3. The monoisotopic (exact) mass is 394 g/mol. The Morgan fingerprint density at radius 1 is 1.15 bits per heavy atom. The molecule has 6 nitrogen and oxygen atoms in total. The van der Waals surface area contributed by atoms with Crippen LogP contribution in [0.2, 0.25) is 0 Å². The Morgan fingerprint density at radius 2 is 1.65 bits per heavy atom. The molecule has 146 valence electrons. The number of hydrogen-bond acceptors (Lipinski definition) is 4. The van der Waals surface area contributed by atoms with Gasteiger partial charge in [0, 0.05) is 18.0 Å². The zero-order valence-corrected chi connectivity index (χ0v) is 15.3. The van der Waals surface area contributed by atoms with Crippen molar-refractivity contribution in [1.29, 1.82) is 0 Å². The fraction of sp³-hybridized carbons (Fsp3) is 0.562. The molecule has 26 heavy (non-hydrogen) atoms. The second kappa shape index (κ2) is 9.02. The van der Waals surface area contributed by atoms with Crippen LogP contribution in [0.3, 0.4) is 0 Å². The third-order valence-corrected chi connectivity index (χ3v) is 5.21. The number of thiophene rings is 1. The molecule has 1 aromatic rings. The van der Waals surface area contributed by atoms with Gasteiger partial charge in [0.1, 0.15) is 4.88 Å². The molecule has 0 saturated heterocycles. The molecule has 2 rings (SSSR count). The van der Waals surface area contributed by atoms with E-state index in [0.29, 0.717) is 23.5 Å². The molecule has 0 bridgehead atoms. The van der Waals surface area contributed by atoms with Gasteiger partial charge in [0.15, 0.2) is 0 Å². The first-order valence-electron chi connectivity index (χ1n) is 8.08. The summed E-state index contributed by atoms with van der Waals surface area (Å²) >= 11 is 1.41. The lowest BCUT2D eigenvalue weighted by Gasteiger charge is -2.20. The number of primary amides is 1. The van der Waals surface area contributed by atoms with Gasteiger partial charge in [-0.2, -0.15) is 13.2 Å². The Bertz CT molecular complexity index is 682. The second-order valence-corrected chi connectivity index (χ2v) is 6.66. The summed E-state index contributed by atoms with van der Waals surface area (Å²) in [6.45, 7) is 5.20. The predicted octanol–water partition coefficient (Wildman–Crippen LogP) is 2.84. The van der Waals surface area contributed by atoms with Crippen LogP contribution in [0.5, 0.6) is 0 Å². The first-order valence-corrected chi connectivity index (χ1v) is 8.89. The van der Waals surface area contributed by atoms with E-state index < -0.39 is 18.1 Å². The van der Waals surface area contributed by atoms with E-state index in [9.17, 15) is 22.8 Å². The van der Waals surface area contributed by atoms with Crippen LogP contribution in [0.25, 0.3) is 0 Å². The Morgan fingerprint density at radius 3 is 2.08 bits per heavy atom. The molecule has 0 saturated carbocycles. The van der Waals surface area contributed by atoms with Crippen molar-refractivity contribution in [2.75, 3.05) is 13.1 Å². The fourth-order valence-electron chi connectivity index (χ4n) is 2.63. The molecule has 0 unspecified atom stereocenters. The van der Waals surface area contributed by atoms with E-state index in [1.54, 1.807) is 4.90 Å². The van der Waals surface area contributed by atoms with Crippen molar-refractivity contribution in [2.24, 2.45) is 5.73 Å². The average molecular weight is 394 g/mol. The number of aliphatic carboxylic acids is 1. The highest BCUT2D eigenvalue weighted by Crippen LogP contribution is 2.35. The number of fused-ring (bicyclic) bond motifs is 1. The van der Waals surface area contributed by atoms with Crippen molar-refractivity contribution >= 4 is 29.1 Å². The first-order chi connectivity index (χ1) is 12.0. The van der Waals surface area contributed by atoms with Crippen molar-refractivity contribution in [3.8, 4) is 0 Å². The summed E-state index contributed by atoms with van der Waals surface area (Å²) in [6, 6.07) is 0. The molecule has 0 radical (unpaired) electrons. The van der Waals surface area contributed by atoms with Crippen LogP contribution in [0.4, 0.5) is 13.2 Å². The van der Waals surface area contributed by atoms with Crippen molar-refractivity contribution in [2.45, 2.75) is 45.7 Å². The fourth-order valence-corrected chi connectivity index (χ4v) is 3.87. The molecule has 1 heterocycles. The van der Waals surface area contributed by atoms with Crippen LogP contribution < -0.4 is 5.73 Å². The molecular formula is C16H21F3N2O4S. The van der Waals surface area contributed by atoms with Crippen LogP contribution >= 0.6 is 11.3 Å². The number of hydrogen-bond donors (Lipinski definition) is 2. The number of carboxylic acids is 1. The first kappa shape index (κ1) is 21.9. The number of carbonyl (C=O) groups is 3. The highest BCUT2D eigenvalue weighted by molar-refractivity contribution is 7.14. The normalized spacial score (nSPS) is 13.3. The van der Waals surface area contributed by atoms with Crippen LogP contribution in [0, 0.1) is 0 Å². The van der Waals surface area contributed by atoms with E-state index in [1.165, 1.54) is 16.2 Å². The maximum absolute atomic E-state index is 12.6. The quantitative estimate of drug-likeness (QED) is 0.820. The minimum atomic E-state index is -5.08. The van der Waals surface area contributed by atoms with Crippen LogP contribution in [0.15, 0.2) is 0 Å². The number of amides is 2. The lowest BCUT2D eigenvalue weighted by molar-refractivity contribution is -0.192. The van der Waals surface area contributed by atoms with Gasteiger partial charge in [-0.25, -0.2) is 4.79 Å². The zero-order valence-electron chi connectivity index (χ0n) is 14.5. The number of alkyl halides is 3. The summed E-state index contributed by atoms with van der Waals surface area (Å²) in [7, 11) is 0. The van der Waals surface area contributed by atoms with E-state index in [0.717, 1.165) is 31.2 Å². The molecule has 2 amide bonds. The van der Waals surface area contributed by atoms with E-state index in [4.69, 9.17) is 15.6 Å². The van der Waals surface area contributed by atoms with Gasteiger partial charge in [-0.05, 0) is 45.1 Å². The summed E-state index contributed by atoms with van der Waals surface area (Å²) in [6.07, 6.45) is -1.02. The molecule has 1 aromatic heterocycles. The Hall–Kier alpha value is -2.10. The molecule has 3 N–H and O–H groups in total. The van der Waals surface area contributed by atoms with Gasteiger partial charge in [-0.3, -0.25) is 9.59 Å². The second-order valence-electron chi connectivity index (χ2n) is 5.56. The maximum atomic E-state index is 12.6. The lowest BCUT2D eigenvalue weighted by atomic mass is 9.94. The number of carboxylic acid groups (broad SMARTS) is 1. The topological polar surface area (TPSA) is 101 Å². The molecule has 0 aromatic carbocycles. The van der Waals surface area contributed by atoms with Crippen LogP contribution in [-0.2, 0) is 17.6 Å². The summed E-state index contributed by atoms with van der Waals surface area (Å²) in [5.74, 6) is -3.28. The molecule has 0 atom stereocenters. The van der Waals surface area contributed by atoms with E-state index in [1.807, 2.05) is 13.8 Å². The van der Waals surface area contributed by atoms with E-state index >= 15 is 0 Å². The molecule has 0 spiro atoms. The zero-order chi connectivity index (χ0) is 20.1. The van der Waals surface area contributed by atoms with Gasteiger partial charge in [-0.15, -0.1) is 11.3 Å². The van der Waals surface area contributed by atoms with Crippen molar-refractivity contribution < 1.29 is 32.7 Å². The third-order valence-electron chi connectivity index (χ3n) is 3.90. The molecule has 1 aliphatic carbocycles. The van der Waals surface area contributed by atoms with Crippen LogP contribution in [0.1, 0.15) is 57.2 Å². The number of nitrogens with two attached hydrogens (primary N) is 1. The molecule has 10 heteroatoms. The average Bonchev–Trinajstić information content (AvgIpc) is 2.95. The smallest absolute Gasteiger partial charge is 0.475 e. The van der Waals surface area contributed by atoms with Gasteiger partial charge < -0.3 is 15.7 Å². The van der Waals surface area contributed by atoms with Crippen LogP contribution in [-0.4, -0.2) is 47.1 Å². The van der Waals surface area contributed by atoms with Gasteiger partial charge >= 0.3 is 12.1 Å². The molecular weight excluding hydrogens is 373 g/mol. The SMILES string of the molecule is CCN(CC)C(=O)c1c(C(N)=O)sc2c1CCCC2.O=C(O)C(F)(F)F. The maximum Gasteiger partial charge on any atom is 0.490 e. The standard InChI is InChI=1S/C14H20N2O2S.C2HF3O2/c1-3-16(4-2)14(18)11-9-7-5-6-8-10(9)19-12(11)13(15)17;3-2(4,5)1(6)7/h3-8H2,1-2H3,(H2,15,17);(H,6,7). The van der Waals surface area contributed by atoms with Crippen molar-refractivity contribution in [3.63, 3.8) is 0 Å². The van der Waals surface area contributed by atoms with Gasteiger partial charge in [0.25, 0.3) is 11.8 Å². The van der Waals surface area contributed by atoms with E-state index in [-0.39, 0.29) is 5.91 Å². The minimum Gasteiger partial charge on any atom is -0.475 e. The lowest BCUT2D eigenvalue weighted by Crippen LogP contribution is -2.32. The number of aryl methyl sites for hydroxylation is 1. The summed E-state index contributed by atoms with van der Waals surface area (Å²) in [5.41, 5.74) is 7.10. The highest BCUT2D eigenvalue weighted by Gasteiger charge is 2.38. The van der Waals surface area contributed by atoms with E-state index in [2.05, 4.69) is 0 Å². The van der Waals surface area contributed by atoms with Crippen molar-refractivity contribution in [1.82, 2.24) is 4.90 Å². The van der Waals surface area contributed by atoms with Gasteiger partial charge in [-0.1, -0.05) is 0 Å². The molecule has 1 aliphatic rings. The van der Waals surface area contributed by atoms with Crippen molar-refractivity contribution in [3.05, 3.63) is 20.9 Å². The summed E-state index contributed by atoms with van der Waals surface area (Å²) in [5, 5.41) is 7.12. The Balaban J connectivity index is 0.000000412. The summed E-state index contributed by atoms with van der Waals surface area (Å²) in [4.78, 5) is 36.5. The number of carbonyl (C=O) groups excluding carboxylic acids is 2. The number of nitrogens with zero attached hydrogens (tertiary/aromatic N) is 1. The molecule has 0 fully saturated rings. The molecule has 0 aliphatic heterocycles. The largest absolute Gasteiger partial charge is 0.490 e. The number of rotatable bonds is 4. The summed E-state index contributed by atoms with van der Waals surface area (Å²) < 4.78 is 31.7. The third kappa shape index (κ3) is 5.20. The van der Waals surface area contributed by atoms with Gasteiger partial charge in [0.2, 0.25) is 0 Å². The Labute approximate surface area is 152 Å². The van der Waals surface area contributed by atoms with Gasteiger partial charge in [0.05, 0.1) is 5.56 Å². The predicted molar refractivity (Wildman–Crippen MR) is 90.4 cm³/mol. The Kier molecular flexibility index (Phi) is 7.61. The highest BCUT2D eigenvalue weighted by atomic mass is 32.1.